The van der Waals surface area contributed by atoms with E-state index in [4.69, 9.17) is 0 Å². The summed E-state index contributed by atoms with van der Waals surface area (Å²) in [6.07, 6.45) is 1.67. The first kappa shape index (κ1) is 13.2. The van der Waals surface area contributed by atoms with Gasteiger partial charge >= 0.3 is 0 Å². The fraction of sp³-hybridized carbons (Fsp3) is 0.364. The molecule has 0 saturated heterocycles. The SMILES string of the molecule is CCn1cc(C(=O)N(C)Cc2sccc2Br)nn1. The molecule has 0 aliphatic carbocycles. The van der Waals surface area contributed by atoms with Crippen molar-refractivity contribution in [1.29, 1.82) is 0 Å². The van der Waals surface area contributed by atoms with Gasteiger partial charge in [0.1, 0.15) is 0 Å². The van der Waals surface area contributed by atoms with Crippen LogP contribution in [-0.4, -0.2) is 32.8 Å². The lowest BCUT2D eigenvalue weighted by Gasteiger charge is -2.14. The molecule has 0 radical (unpaired) electrons. The molecule has 0 atom stereocenters. The first-order valence-corrected chi connectivity index (χ1v) is 7.16. The number of carbonyl (C=O) groups excluding carboxylic acids is 1. The van der Waals surface area contributed by atoms with Crippen molar-refractivity contribution in [2.45, 2.75) is 20.0 Å². The third-order valence-corrected chi connectivity index (χ3v) is 4.41. The topological polar surface area (TPSA) is 51.0 Å². The van der Waals surface area contributed by atoms with Gasteiger partial charge in [0.05, 0.1) is 12.7 Å². The van der Waals surface area contributed by atoms with E-state index >= 15 is 0 Å². The van der Waals surface area contributed by atoms with Gasteiger partial charge in [-0.15, -0.1) is 16.4 Å². The molecule has 0 spiro atoms. The Kier molecular flexibility index (Phi) is 4.13. The fourth-order valence-electron chi connectivity index (χ4n) is 1.47. The molecular weight excluding hydrogens is 316 g/mol. The minimum atomic E-state index is -0.116. The molecule has 0 saturated carbocycles. The summed E-state index contributed by atoms with van der Waals surface area (Å²) in [5, 5.41) is 9.73. The highest BCUT2D eigenvalue weighted by Crippen LogP contribution is 2.24. The molecular formula is C11H13BrN4OS. The third kappa shape index (κ3) is 2.78. The maximum absolute atomic E-state index is 12.1. The summed E-state index contributed by atoms with van der Waals surface area (Å²) in [5.74, 6) is -0.116. The molecule has 2 aromatic heterocycles. The van der Waals surface area contributed by atoms with E-state index in [1.807, 2.05) is 18.4 Å². The predicted molar refractivity (Wildman–Crippen MR) is 73.5 cm³/mol. The number of aryl methyl sites for hydroxylation is 1. The number of hydrogen-bond acceptors (Lipinski definition) is 4. The summed E-state index contributed by atoms with van der Waals surface area (Å²) in [6, 6.07) is 1.98. The number of thiophene rings is 1. The zero-order valence-corrected chi connectivity index (χ0v) is 12.5. The minimum absolute atomic E-state index is 0.116. The lowest BCUT2D eigenvalue weighted by Crippen LogP contribution is -2.26. The van der Waals surface area contributed by atoms with E-state index < -0.39 is 0 Å². The molecule has 0 bridgehead atoms. The van der Waals surface area contributed by atoms with Gasteiger partial charge in [0.15, 0.2) is 5.69 Å². The van der Waals surface area contributed by atoms with E-state index in [2.05, 4.69) is 26.2 Å². The van der Waals surface area contributed by atoms with Crippen molar-refractivity contribution in [1.82, 2.24) is 19.9 Å². The zero-order chi connectivity index (χ0) is 13.1. The number of amides is 1. The molecule has 2 aromatic rings. The molecule has 0 aliphatic rings. The quantitative estimate of drug-likeness (QED) is 0.865. The van der Waals surface area contributed by atoms with Crippen molar-refractivity contribution in [3.63, 3.8) is 0 Å². The molecule has 2 rings (SSSR count). The summed E-state index contributed by atoms with van der Waals surface area (Å²) >= 11 is 5.07. The second-order valence-electron chi connectivity index (χ2n) is 3.81. The fourth-order valence-corrected chi connectivity index (χ4v) is 3.00. The monoisotopic (exact) mass is 328 g/mol. The van der Waals surface area contributed by atoms with Crippen LogP contribution in [-0.2, 0) is 13.1 Å². The first-order valence-electron chi connectivity index (χ1n) is 5.49. The summed E-state index contributed by atoms with van der Waals surface area (Å²) in [5.41, 5.74) is 0.382. The van der Waals surface area contributed by atoms with Crippen LogP contribution >= 0.6 is 27.3 Å². The first-order chi connectivity index (χ1) is 8.61. The molecule has 18 heavy (non-hydrogen) atoms. The molecule has 7 heteroatoms. The Morgan fingerprint density at radius 1 is 1.61 bits per heavy atom. The lowest BCUT2D eigenvalue weighted by atomic mass is 10.3. The van der Waals surface area contributed by atoms with Crippen LogP contribution in [0.4, 0.5) is 0 Å². The molecule has 1 amide bonds. The number of hydrogen-bond donors (Lipinski definition) is 0. The Morgan fingerprint density at radius 2 is 2.39 bits per heavy atom. The Morgan fingerprint density at radius 3 is 2.94 bits per heavy atom. The van der Waals surface area contributed by atoms with Crippen molar-refractivity contribution in [3.8, 4) is 0 Å². The van der Waals surface area contributed by atoms with Crippen LogP contribution in [0.2, 0.25) is 0 Å². The van der Waals surface area contributed by atoms with Crippen molar-refractivity contribution < 1.29 is 4.79 Å². The van der Waals surface area contributed by atoms with Crippen LogP contribution in [0, 0.1) is 0 Å². The van der Waals surface area contributed by atoms with Crippen LogP contribution in [0.1, 0.15) is 22.3 Å². The molecule has 5 nitrogen and oxygen atoms in total. The van der Waals surface area contributed by atoms with Crippen molar-refractivity contribution >= 4 is 33.2 Å². The predicted octanol–water partition coefficient (Wildman–Crippen LogP) is 2.39. The van der Waals surface area contributed by atoms with Gasteiger partial charge in [0, 0.05) is 22.9 Å². The summed E-state index contributed by atoms with van der Waals surface area (Å²) in [4.78, 5) is 14.9. The Bertz CT molecular complexity index is 551. The van der Waals surface area contributed by atoms with Crippen molar-refractivity contribution in [3.05, 3.63) is 32.7 Å². The Labute approximate surface area is 118 Å². The van der Waals surface area contributed by atoms with Gasteiger partial charge in [-0.1, -0.05) is 5.21 Å². The highest BCUT2D eigenvalue weighted by molar-refractivity contribution is 9.10. The van der Waals surface area contributed by atoms with Crippen molar-refractivity contribution in [2.24, 2.45) is 0 Å². The van der Waals surface area contributed by atoms with E-state index in [-0.39, 0.29) is 5.91 Å². The molecule has 0 unspecified atom stereocenters. The normalized spacial score (nSPS) is 10.6. The largest absolute Gasteiger partial charge is 0.335 e. The Balaban J connectivity index is 2.07. The van der Waals surface area contributed by atoms with Crippen molar-refractivity contribution in [2.75, 3.05) is 7.05 Å². The van der Waals surface area contributed by atoms with Crippen LogP contribution in [0.5, 0.6) is 0 Å². The number of nitrogens with zero attached hydrogens (tertiary/aromatic N) is 4. The highest BCUT2D eigenvalue weighted by Gasteiger charge is 2.17. The highest BCUT2D eigenvalue weighted by atomic mass is 79.9. The van der Waals surface area contributed by atoms with Gasteiger partial charge in [0.25, 0.3) is 5.91 Å². The van der Waals surface area contributed by atoms with Gasteiger partial charge in [-0.05, 0) is 34.3 Å². The van der Waals surface area contributed by atoms with E-state index in [0.717, 1.165) is 9.35 Å². The standard InChI is InChI=1S/C11H13BrN4OS/c1-3-16-6-9(13-14-16)11(17)15(2)7-10-8(12)4-5-18-10/h4-6H,3,7H2,1-2H3. The summed E-state index contributed by atoms with van der Waals surface area (Å²) < 4.78 is 2.67. The maximum atomic E-state index is 12.1. The number of halogens is 1. The molecule has 96 valence electrons. The Hall–Kier alpha value is -1.21. The van der Waals surface area contributed by atoms with E-state index in [1.54, 1.807) is 34.2 Å². The second-order valence-corrected chi connectivity index (χ2v) is 5.67. The molecule has 0 fully saturated rings. The smallest absolute Gasteiger partial charge is 0.276 e. The van der Waals surface area contributed by atoms with Gasteiger partial charge < -0.3 is 4.90 Å². The number of aromatic nitrogens is 3. The van der Waals surface area contributed by atoms with Crippen LogP contribution in [0.3, 0.4) is 0 Å². The third-order valence-electron chi connectivity index (χ3n) is 2.50. The second kappa shape index (κ2) is 5.62. The summed E-state index contributed by atoms with van der Waals surface area (Å²) in [6.45, 7) is 3.23. The lowest BCUT2D eigenvalue weighted by molar-refractivity contribution is 0.0780. The van der Waals surface area contributed by atoms with Gasteiger partial charge in [-0.25, -0.2) is 0 Å². The van der Waals surface area contributed by atoms with Crippen LogP contribution in [0.25, 0.3) is 0 Å². The molecule has 0 aromatic carbocycles. The average molecular weight is 329 g/mol. The average Bonchev–Trinajstić information content (AvgIpc) is 2.98. The minimum Gasteiger partial charge on any atom is -0.335 e. The van der Waals surface area contributed by atoms with E-state index in [9.17, 15) is 4.79 Å². The molecule has 0 aliphatic heterocycles. The van der Waals surface area contributed by atoms with Crippen LogP contribution < -0.4 is 0 Å². The van der Waals surface area contributed by atoms with Gasteiger partial charge in [-0.2, -0.15) is 0 Å². The maximum Gasteiger partial charge on any atom is 0.276 e. The molecule has 2 heterocycles. The zero-order valence-electron chi connectivity index (χ0n) is 10.1. The van der Waals surface area contributed by atoms with E-state index in [1.165, 1.54) is 0 Å². The van der Waals surface area contributed by atoms with E-state index in [0.29, 0.717) is 18.8 Å². The molecule has 0 N–H and O–H groups in total. The number of carbonyl (C=O) groups is 1. The van der Waals surface area contributed by atoms with Gasteiger partial charge in [-0.3, -0.25) is 9.48 Å². The van der Waals surface area contributed by atoms with Gasteiger partial charge in [0.2, 0.25) is 0 Å². The summed E-state index contributed by atoms with van der Waals surface area (Å²) in [7, 11) is 1.76. The number of rotatable bonds is 4. The van der Waals surface area contributed by atoms with Crippen LogP contribution in [0.15, 0.2) is 22.1 Å².